The molecule has 1 aromatic carbocycles. The zero-order valence-corrected chi connectivity index (χ0v) is 17.4. The van der Waals surface area contributed by atoms with Crippen LogP contribution < -0.4 is 10.8 Å². The lowest BCUT2D eigenvalue weighted by Gasteiger charge is -2.18. The van der Waals surface area contributed by atoms with Gasteiger partial charge in [-0.2, -0.15) is 0 Å². The van der Waals surface area contributed by atoms with Crippen LogP contribution in [-0.2, 0) is 4.79 Å². The number of anilines is 1. The molecule has 7 heteroatoms. The van der Waals surface area contributed by atoms with Gasteiger partial charge in [0.2, 0.25) is 5.91 Å². The fourth-order valence-electron chi connectivity index (χ4n) is 2.55. The predicted octanol–water partition coefficient (Wildman–Crippen LogP) is 3.65. The maximum atomic E-state index is 12.3. The van der Waals surface area contributed by atoms with Gasteiger partial charge < -0.3 is 5.32 Å². The van der Waals surface area contributed by atoms with Crippen LogP contribution in [0.1, 0.15) is 42.3 Å². The summed E-state index contributed by atoms with van der Waals surface area (Å²) < 4.78 is 0. The summed E-state index contributed by atoms with van der Waals surface area (Å²) in [5, 5.41) is 11.7. The van der Waals surface area contributed by atoms with E-state index in [1.54, 1.807) is 38.6 Å². The normalized spacial score (nSPS) is 10.6. The Labute approximate surface area is 180 Å². The molecule has 0 atom stereocenters. The zero-order chi connectivity index (χ0) is 22.4. The SMILES string of the molecule is CC(C)(C)C(=O)Nc1cc(C(=O)NO)cc(-c2ccc(C#Cc3cccnc3)cc2)n1. The minimum absolute atomic E-state index is 0.164. The number of nitrogens with zero attached hydrogens (tertiary/aromatic N) is 2. The molecule has 3 aromatic rings. The van der Waals surface area contributed by atoms with Gasteiger partial charge in [0, 0.05) is 40.1 Å². The van der Waals surface area contributed by atoms with Crippen molar-refractivity contribution in [3.63, 3.8) is 0 Å². The molecule has 0 spiro atoms. The van der Waals surface area contributed by atoms with Crippen molar-refractivity contribution in [2.75, 3.05) is 5.32 Å². The Balaban J connectivity index is 1.92. The lowest BCUT2D eigenvalue weighted by atomic mass is 9.96. The summed E-state index contributed by atoms with van der Waals surface area (Å²) in [5.41, 5.74) is 3.96. The van der Waals surface area contributed by atoms with Crippen LogP contribution in [0.25, 0.3) is 11.3 Å². The largest absolute Gasteiger partial charge is 0.310 e. The van der Waals surface area contributed by atoms with E-state index in [1.807, 2.05) is 36.4 Å². The molecule has 0 aliphatic carbocycles. The Kier molecular flexibility index (Phi) is 6.43. The highest BCUT2D eigenvalue weighted by molar-refractivity contribution is 5.98. The van der Waals surface area contributed by atoms with Crippen molar-refractivity contribution in [2.24, 2.45) is 5.41 Å². The van der Waals surface area contributed by atoms with Crippen molar-refractivity contribution in [3.8, 4) is 23.1 Å². The van der Waals surface area contributed by atoms with Gasteiger partial charge in [0.1, 0.15) is 5.82 Å². The van der Waals surface area contributed by atoms with E-state index in [-0.39, 0.29) is 17.3 Å². The van der Waals surface area contributed by atoms with Gasteiger partial charge in [0.05, 0.1) is 5.69 Å². The monoisotopic (exact) mass is 414 g/mol. The fourth-order valence-corrected chi connectivity index (χ4v) is 2.55. The number of aromatic nitrogens is 2. The molecule has 0 saturated carbocycles. The molecule has 2 amide bonds. The van der Waals surface area contributed by atoms with Crippen molar-refractivity contribution in [3.05, 3.63) is 77.6 Å². The number of amides is 2. The van der Waals surface area contributed by atoms with Crippen LogP contribution in [-0.4, -0.2) is 27.0 Å². The first-order chi connectivity index (χ1) is 14.8. The van der Waals surface area contributed by atoms with Crippen molar-refractivity contribution in [1.82, 2.24) is 15.4 Å². The molecule has 156 valence electrons. The molecule has 0 aliphatic heterocycles. The summed E-state index contributed by atoms with van der Waals surface area (Å²) in [7, 11) is 0. The second-order valence-electron chi connectivity index (χ2n) is 7.84. The number of hydroxylamine groups is 1. The Morgan fingerprint density at radius 2 is 1.71 bits per heavy atom. The average molecular weight is 414 g/mol. The van der Waals surface area contributed by atoms with E-state index >= 15 is 0 Å². The summed E-state index contributed by atoms with van der Waals surface area (Å²) in [6, 6.07) is 14.0. The zero-order valence-electron chi connectivity index (χ0n) is 17.4. The number of benzene rings is 1. The summed E-state index contributed by atoms with van der Waals surface area (Å²) in [5.74, 6) is 5.38. The van der Waals surface area contributed by atoms with E-state index in [0.717, 1.165) is 16.7 Å². The van der Waals surface area contributed by atoms with E-state index < -0.39 is 11.3 Å². The number of nitrogens with one attached hydrogen (secondary N) is 2. The number of carbonyl (C=O) groups is 2. The van der Waals surface area contributed by atoms with Crippen LogP contribution >= 0.6 is 0 Å². The van der Waals surface area contributed by atoms with Crippen molar-refractivity contribution >= 4 is 17.6 Å². The molecule has 31 heavy (non-hydrogen) atoms. The third kappa shape index (κ3) is 5.75. The van der Waals surface area contributed by atoms with Gasteiger partial charge in [-0.05, 0) is 36.4 Å². The molecule has 3 N–H and O–H groups in total. The van der Waals surface area contributed by atoms with E-state index in [9.17, 15) is 9.59 Å². The molecule has 0 saturated heterocycles. The molecule has 3 rings (SSSR count). The molecular formula is C24H22N4O3. The van der Waals surface area contributed by atoms with Crippen molar-refractivity contribution < 1.29 is 14.8 Å². The smallest absolute Gasteiger partial charge is 0.274 e. The molecule has 2 aromatic heterocycles. The predicted molar refractivity (Wildman–Crippen MR) is 117 cm³/mol. The Morgan fingerprint density at radius 3 is 2.32 bits per heavy atom. The Morgan fingerprint density at radius 1 is 1.00 bits per heavy atom. The summed E-state index contributed by atoms with van der Waals surface area (Å²) in [4.78, 5) is 32.8. The van der Waals surface area contributed by atoms with Gasteiger partial charge in [-0.15, -0.1) is 0 Å². The topological polar surface area (TPSA) is 104 Å². The number of carbonyl (C=O) groups excluding carboxylic acids is 2. The fraction of sp³-hybridized carbons (Fsp3) is 0.167. The highest BCUT2D eigenvalue weighted by Gasteiger charge is 2.22. The average Bonchev–Trinajstić information content (AvgIpc) is 2.77. The molecule has 7 nitrogen and oxygen atoms in total. The minimum atomic E-state index is -0.700. The first-order valence-corrected chi connectivity index (χ1v) is 9.57. The second kappa shape index (κ2) is 9.20. The van der Waals surface area contributed by atoms with Crippen LogP contribution in [0.4, 0.5) is 5.82 Å². The van der Waals surface area contributed by atoms with Gasteiger partial charge in [-0.1, -0.05) is 44.7 Å². The van der Waals surface area contributed by atoms with Crippen molar-refractivity contribution in [1.29, 1.82) is 0 Å². The summed E-state index contributed by atoms with van der Waals surface area (Å²) in [6.07, 6.45) is 3.38. The maximum absolute atomic E-state index is 12.3. The first-order valence-electron chi connectivity index (χ1n) is 9.57. The van der Waals surface area contributed by atoms with Gasteiger partial charge in [0.25, 0.3) is 5.91 Å². The third-order valence-corrected chi connectivity index (χ3v) is 4.31. The third-order valence-electron chi connectivity index (χ3n) is 4.31. The molecule has 0 unspecified atom stereocenters. The lowest BCUT2D eigenvalue weighted by Crippen LogP contribution is -2.28. The van der Waals surface area contributed by atoms with Crippen LogP contribution in [0.5, 0.6) is 0 Å². The van der Waals surface area contributed by atoms with Crippen LogP contribution in [0.2, 0.25) is 0 Å². The Hall–Kier alpha value is -4.02. The summed E-state index contributed by atoms with van der Waals surface area (Å²) in [6.45, 7) is 5.33. The van der Waals surface area contributed by atoms with E-state index in [1.165, 1.54) is 12.1 Å². The van der Waals surface area contributed by atoms with E-state index in [4.69, 9.17) is 5.21 Å². The van der Waals surface area contributed by atoms with Gasteiger partial charge in [-0.25, -0.2) is 10.5 Å². The standard InChI is InChI=1S/C24H22N4O3/c1-24(2,3)23(30)27-21-14-19(22(29)28-31)13-20(26-21)18-10-8-16(9-11-18)6-7-17-5-4-12-25-15-17/h4-5,8-15,31H,1-3H3,(H,28,29)(H,26,27,30). The number of hydrogen-bond donors (Lipinski definition) is 3. The molecule has 0 aliphatic rings. The quantitative estimate of drug-likeness (QED) is 0.345. The lowest BCUT2D eigenvalue weighted by molar-refractivity contribution is -0.123. The van der Waals surface area contributed by atoms with E-state index in [2.05, 4.69) is 27.1 Å². The van der Waals surface area contributed by atoms with Crippen LogP contribution in [0, 0.1) is 17.3 Å². The van der Waals surface area contributed by atoms with Crippen LogP contribution in [0.3, 0.4) is 0 Å². The number of hydrogen-bond acceptors (Lipinski definition) is 5. The molecule has 2 heterocycles. The van der Waals surface area contributed by atoms with Crippen molar-refractivity contribution in [2.45, 2.75) is 20.8 Å². The van der Waals surface area contributed by atoms with Gasteiger partial charge in [-0.3, -0.25) is 19.8 Å². The van der Waals surface area contributed by atoms with Crippen LogP contribution in [0.15, 0.2) is 60.9 Å². The Bertz CT molecular complexity index is 1160. The maximum Gasteiger partial charge on any atom is 0.274 e. The van der Waals surface area contributed by atoms with E-state index in [0.29, 0.717) is 5.69 Å². The number of rotatable bonds is 3. The minimum Gasteiger partial charge on any atom is -0.310 e. The molecular weight excluding hydrogens is 392 g/mol. The highest BCUT2D eigenvalue weighted by Crippen LogP contribution is 2.23. The summed E-state index contributed by atoms with van der Waals surface area (Å²) >= 11 is 0. The van der Waals surface area contributed by atoms with Gasteiger partial charge in [0.15, 0.2) is 0 Å². The highest BCUT2D eigenvalue weighted by atomic mass is 16.5. The molecule has 0 fully saturated rings. The second-order valence-corrected chi connectivity index (χ2v) is 7.84. The molecule has 0 bridgehead atoms. The molecule has 0 radical (unpaired) electrons. The first kappa shape index (κ1) is 21.7. The van der Waals surface area contributed by atoms with Gasteiger partial charge >= 0.3 is 0 Å². The number of pyridine rings is 2.